The van der Waals surface area contributed by atoms with Crippen LogP contribution in [0, 0.1) is 11.8 Å². The van der Waals surface area contributed by atoms with Gasteiger partial charge in [-0.1, -0.05) is 80.6 Å². The molecule has 3 aromatic rings. The van der Waals surface area contributed by atoms with Gasteiger partial charge in [0.1, 0.15) is 0 Å². The minimum atomic E-state index is -0.631. The van der Waals surface area contributed by atoms with Gasteiger partial charge in [0.05, 0.1) is 12.2 Å². The predicted octanol–water partition coefficient (Wildman–Crippen LogP) is 5.86. The zero-order valence-corrected chi connectivity index (χ0v) is 21.4. The minimum Gasteiger partial charge on any atom is -0.392 e. The largest absolute Gasteiger partial charge is 0.392 e. The van der Waals surface area contributed by atoms with Crippen molar-refractivity contribution in [3.8, 4) is 0 Å². The molecule has 2 N–H and O–H groups in total. The van der Waals surface area contributed by atoms with Gasteiger partial charge in [-0.05, 0) is 47.0 Å². The smallest absolute Gasteiger partial charge is 0.0717 e. The molecule has 2 aliphatic heterocycles. The summed E-state index contributed by atoms with van der Waals surface area (Å²) in [7, 11) is 2.09. The first-order valence-corrected chi connectivity index (χ1v) is 12.9. The average molecular weight is 479 g/mol. The summed E-state index contributed by atoms with van der Waals surface area (Å²) in [5, 5.41) is 24.9. The topological polar surface area (TPSA) is 46.9 Å². The number of hydrogen-bond acceptors (Lipinski definition) is 4. The van der Waals surface area contributed by atoms with Crippen LogP contribution in [0.25, 0.3) is 16.8 Å². The van der Waals surface area contributed by atoms with Crippen molar-refractivity contribution < 1.29 is 10.2 Å². The van der Waals surface area contributed by atoms with Gasteiger partial charge in [-0.25, -0.2) is 0 Å². The van der Waals surface area contributed by atoms with Crippen LogP contribution in [0.1, 0.15) is 31.9 Å². The molecule has 0 spiro atoms. The molecule has 0 saturated heterocycles. The number of para-hydroxylation sites is 1. The highest BCUT2D eigenvalue weighted by atomic mass is 16.3. The highest BCUT2D eigenvalue weighted by Gasteiger charge is 2.49. The fourth-order valence-electron chi connectivity index (χ4n) is 6.52. The van der Waals surface area contributed by atoms with E-state index in [2.05, 4.69) is 110 Å². The van der Waals surface area contributed by atoms with Gasteiger partial charge >= 0.3 is 0 Å². The SMILES string of the molecule is CCN1C(=CC2C(O)C(C=C3N(C)c4ccc5ccccc5c4C3(C)C)C2O)C=Cc2ccccc21. The van der Waals surface area contributed by atoms with Gasteiger partial charge in [0.15, 0.2) is 0 Å². The normalized spacial score (nSPS) is 28.5. The third-order valence-corrected chi connectivity index (χ3v) is 8.48. The molecule has 3 aliphatic rings. The fraction of sp³-hybridized carbons (Fsp3) is 0.312. The number of rotatable bonds is 3. The molecule has 2 unspecified atom stereocenters. The number of likely N-dealkylation sites (N-methyl/N-ethyl adjacent to an activating group) is 2. The minimum absolute atomic E-state index is 0.233. The van der Waals surface area contributed by atoms with Crippen LogP contribution < -0.4 is 9.80 Å². The third-order valence-electron chi connectivity index (χ3n) is 8.48. The maximum absolute atomic E-state index is 11.2. The molecule has 2 atom stereocenters. The second-order valence-electron chi connectivity index (χ2n) is 10.8. The molecule has 0 aromatic heterocycles. The Morgan fingerprint density at radius 1 is 0.833 bits per heavy atom. The number of fused-ring (bicyclic) bond motifs is 4. The van der Waals surface area contributed by atoms with Gasteiger partial charge in [-0.2, -0.15) is 0 Å². The molecule has 0 amide bonds. The standard InChI is InChI=1S/C32H34N2O2/c1-5-34-22(16-14-21-11-7-9-13-26(21)34)18-24-30(35)25(31(24)36)19-28-32(2,3)29-23-12-8-6-10-20(23)15-17-27(29)33(28)4/h6-19,24-25,30-31,35-36H,5H2,1-4H3. The number of allylic oxidation sites excluding steroid dienone is 2. The average Bonchev–Trinajstić information content (AvgIpc) is 3.09. The lowest BCUT2D eigenvalue weighted by molar-refractivity contribution is -0.111. The van der Waals surface area contributed by atoms with E-state index in [4.69, 9.17) is 0 Å². The van der Waals surface area contributed by atoms with Crippen molar-refractivity contribution in [2.24, 2.45) is 11.8 Å². The van der Waals surface area contributed by atoms with E-state index < -0.39 is 12.2 Å². The Morgan fingerprint density at radius 3 is 2.31 bits per heavy atom. The van der Waals surface area contributed by atoms with Gasteiger partial charge < -0.3 is 20.0 Å². The first-order valence-electron chi connectivity index (χ1n) is 12.9. The summed E-state index contributed by atoms with van der Waals surface area (Å²) in [5.74, 6) is -0.608. The Balaban J connectivity index is 1.30. The monoisotopic (exact) mass is 478 g/mol. The van der Waals surface area contributed by atoms with Gasteiger partial charge in [0.25, 0.3) is 0 Å². The first-order chi connectivity index (χ1) is 17.3. The van der Waals surface area contributed by atoms with Gasteiger partial charge in [-0.15, -0.1) is 0 Å². The van der Waals surface area contributed by atoms with Crippen LogP contribution in [0.2, 0.25) is 0 Å². The van der Waals surface area contributed by atoms with Crippen molar-refractivity contribution in [1.29, 1.82) is 0 Å². The Kier molecular flexibility index (Phi) is 5.36. The lowest BCUT2D eigenvalue weighted by Gasteiger charge is -2.45. The number of nitrogens with zero attached hydrogens (tertiary/aromatic N) is 2. The molecule has 1 fully saturated rings. The van der Waals surface area contributed by atoms with Crippen LogP contribution >= 0.6 is 0 Å². The molecule has 0 radical (unpaired) electrons. The van der Waals surface area contributed by atoms with Crippen LogP contribution in [-0.4, -0.2) is 36.0 Å². The molecule has 3 aromatic carbocycles. The zero-order valence-electron chi connectivity index (χ0n) is 21.4. The van der Waals surface area contributed by atoms with Crippen LogP contribution in [-0.2, 0) is 5.41 Å². The number of aliphatic hydroxyl groups excluding tert-OH is 2. The Labute approximate surface area is 213 Å². The fourth-order valence-corrected chi connectivity index (χ4v) is 6.52. The van der Waals surface area contributed by atoms with Crippen molar-refractivity contribution in [2.75, 3.05) is 23.4 Å². The van der Waals surface area contributed by atoms with E-state index in [-0.39, 0.29) is 17.3 Å². The zero-order chi connectivity index (χ0) is 25.2. The van der Waals surface area contributed by atoms with E-state index in [1.807, 2.05) is 12.1 Å². The van der Waals surface area contributed by atoms with E-state index in [1.165, 1.54) is 27.6 Å². The molecule has 2 heterocycles. The van der Waals surface area contributed by atoms with Crippen LogP contribution in [0.15, 0.2) is 90.3 Å². The summed E-state index contributed by atoms with van der Waals surface area (Å²) in [4.78, 5) is 4.48. The van der Waals surface area contributed by atoms with Crippen molar-refractivity contribution in [2.45, 2.75) is 38.4 Å². The second-order valence-corrected chi connectivity index (χ2v) is 10.8. The van der Waals surface area contributed by atoms with Crippen molar-refractivity contribution in [3.63, 3.8) is 0 Å². The molecule has 36 heavy (non-hydrogen) atoms. The van der Waals surface area contributed by atoms with Crippen LogP contribution in [0.4, 0.5) is 11.4 Å². The van der Waals surface area contributed by atoms with Crippen molar-refractivity contribution in [3.05, 3.63) is 101 Å². The Hall–Kier alpha value is -3.34. The molecule has 4 nitrogen and oxygen atoms in total. The van der Waals surface area contributed by atoms with E-state index in [9.17, 15) is 10.2 Å². The summed E-state index contributed by atoms with van der Waals surface area (Å²) < 4.78 is 0. The molecule has 4 heteroatoms. The maximum Gasteiger partial charge on any atom is 0.0717 e. The molecule has 0 bridgehead atoms. The van der Waals surface area contributed by atoms with E-state index in [1.54, 1.807) is 0 Å². The number of hydrogen-bond donors (Lipinski definition) is 2. The predicted molar refractivity (Wildman–Crippen MR) is 149 cm³/mol. The van der Waals surface area contributed by atoms with Crippen LogP contribution in [0.5, 0.6) is 0 Å². The maximum atomic E-state index is 11.2. The molecule has 184 valence electrons. The van der Waals surface area contributed by atoms with Crippen LogP contribution in [0.3, 0.4) is 0 Å². The quantitative estimate of drug-likeness (QED) is 0.495. The second kappa shape index (κ2) is 8.36. The van der Waals surface area contributed by atoms with Crippen molar-refractivity contribution >= 4 is 28.2 Å². The Bertz CT molecular complexity index is 1420. The molecule has 1 aliphatic carbocycles. The summed E-state index contributed by atoms with van der Waals surface area (Å²) in [6, 6.07) is 21.2. The summed E-state index contributed by atoms with van der Waals surface area (Å²) >= 11 is 0. The number of aliphatic hydroxyl groups is 2. The molecular weight excluding hydrogens is 444 g/mol. The van der Waals surface area contributed by atoms with E-state index >= 15 is 0 Å². The van der Waals surface area contributed by atoms with Gasteiger partial charge in [-0.3, -0.25) is 0 Å². The van der Waals surface area contributed by atoms with Crippen molar-refractivity contribution in [1.82, 2.24) is 0 Å². The summed E-state index contributed by atoms with van der Waals surface area (Å²) in [5.41, 5.74) is 6.77. The third kappa shape index (κ3) is 3.28. The lowest BCUT2D eigenvalue weighted by Crippen LogP contribution is -2.54. The number of benzene rings is 3. The highest BCUT2D eigenvalue weighted by Crippen LogP contribution is 2.51. The molecular formula is C32H34N2O2. The van der Waals surface area contributed by atoms with Gasteiger partial charge in [0.2, 0.25) is 0 Å². The van der Waals surface area contributed by atoms with Gasteiger partial charge in [0, 0.05) is 53.6 Å². The summed E-state index contributed by atoms with van der Waals surface area (Å²) in [6.45, 7) is 7.44. The lowest BCUT2D eigenvalue weighted by atomic mass is 9.67. The van der Waals surface area contributed by atoms with E-state index in [0.29, 0.717) is 0 Å². The van der Waals surface area contributed by atoms with E-state index in [0.717, 1.165) is 23.6 Å². The highest BCUT2D eigenvalue weighted by molar-refractivity contribution is 5.94. The Morgan fingerprint density at radius 2 is 1.53 bits per heavy atom. The number of anilines is 2. The molecule has 1 saturated carbocycles. The first kappa shape index (κ1) is 23.1. The molecule has 6 rings (SSSR count). The summed E-state index contributed by atoms with van der Waals surface area (Å²) in [6.07, 6.45) is 7.10.